The van der Waals surface area contributed by atoms with Crippen LogP contribution in [0.4, 0.5) is 43.7 Å². The highest BCUT2D eigenvalue weighted by Crippen LogP contribution is 2.28. The molecule has 0 saturated carbocycles. The standard InChI is InChI=1S/C24H34FN9O.C23H32FN9O/c25-22-16-29-24(31-23(22)33-8-10-35-11-9-33)32-30-14-19-3-4-21(15-28-19)34-7-1-2-18(17-34)12-20-13-26-5-6-27-20;24-20-16-28-23(30-22(20)33-10-12-34-13-11-33)31-29-15-18-14-19(2-7-25-18)32-8-3-17(4-9-32)21-26-5-1-6-27-21/h3-4,14-16,18,20,26-27H,1-2,5-13,17H2,(H,29,31,32);2,7,14-17,21,26-27H,1,3-6,8-13H2,(H,28,30,31)/b30-14+;29-15+. The lowest BCUT2D eigenvalue weighted by molar-refractivity contribution is 0.122. The third-order valence-corrected chi connectivity index (χ3v) is 13.4. The van der Waals surface area contributed by atoms with Crippen molar-refractivity contribution in [2.24, 2.45) is 22.0 Å². The number of halogens is 2. The van der Waals surface area contributed by atoms with Gasteiger partial charge in [0.1, 0.15) is 0 Å². The summed E-state index contributed by atoms with van der Waals surface area (Å²) in [6.07, 6.45) is 17.0. The van der Waals surface area contributed by atoms with Crippen molar-refractivity contribution >= 4 is 47.3 Å². The SMILES string of the molecule is Fc1cnc(N/N=C/c2cc(N3CCC(C4NCCCN4)CC3)ccn2)nc1N1CCOCC1.Fc1cnc(N/N=C/c2ccc(N3CCCC(CC4CNCCN4)C3)cn2)nc1N1CCOCC1. The van der Waals surface area contributed by atoms with Crippen LogP contribution in [0.1, 0.15) is 49.9 Å². The summed E-state index contributed by atoms with van der Waals surface area (Å²) in [5, 5.41) is 22.8. The number of anilines is 6. The Kier molecular flexibility index (Phi) is 17.3. The molecule has 69 heavy (non-hydrogen) atoms. The molecule has 10 rings (SSSR count). The number of aromatic nitrogens is 6. The highest BCUT2D eigenvalue weighted by molar-refractivity contribution is 5.79. The van der Waals surface area contributed by atoms with Gasteiger partial charge in [0.2, 0.25) is 11.9 Å². The van der Waals surface area contributed by atoms with Crippen molar-refractivity contribution in [2.45, 2.75) is 50.7 Å². The Balaban J connectivity index is 0.000000172. The second kappa shape index (κ2) is 24.7. The molecule has 22 heteroatoms. The van der Waals surface area contributed by atoms with Crippen LogP contribution < -0.4 is 51.7 Å². The largest absolute Gasteiger partial charge is 0.378 e. The third-order valence-electron chi connectivity index (χ3n) is 13.4. The molecule has 0 bridgehead atoms. The molecular formula is C47H66F2N18O2. The summed E-state index contributed by atoms with van der Waals surface area (Å²) in [5.74, 6) is 1.46. The number of morpholine rings is 2. The highest BCUT2D eigenvalue weighted by Gasteiger charge is 2.28. The van der Waals surface area contributed by atoms with Crippen LogP contribution in [-0.4, -0.2) is 166 Å². The van der Waals surface area contributed by atoms with Gasteiger partial charge in [-0.15, -0.1) is 0 Å². The molecule has 6 fully saturated rings. The van der Waals surface area contributed by atoms with Crippen molar-refractivity contribution in [3.8, 4) is 0 Å². The summed E-state index contributed by atoms with van der Waals surface area (Å²) in [7, 11) is 0. The van der Waals surface area contributed by atoms with Crippen molar-refractivity contribution < 1.29 is 18.3 Å². The van der Waals surface area contributed by atoms with Gasteiger partial charge in [-0.3, -0.25) is 9.97 Å². The molecule has 4 aromatic rings. The molecule has 0 aliphatic carbocycles. The van der Waals surface area contributed by atoms with Crippen molar-refractivity contribution in [2.75, 3.05) is 142 Å². The first-order valence-electron chi connectivity index (χ1n) is 24.6. The second-order valence-electron chi connectivity index (χ2n) is 18.2. The minimum Gasteiger partial charge on any atom is -0.378 e. The third kappa shape index (κ3) is 13.7. The van der Waals surface area contributed by atoms with Crippen LogP contribution in [0.5, 0.6) is 0 Å². The number of hydrazone groups is 2. The molecule has 10 heterocycles. The fourth-order valence-corrected chi connectivity index (χ4v) is 9.77. The number of piperazine rings is 1. The first kappa shape index (κ1) is 48.3. The zero-order valence-electron chi connectivity index (χ0n) is 39.3. The zero-order chi connectivity index (χ0) is 47.0. The van der Waals surface area contributed by atoms with Crippen molar-refractivity contribution in [1.29, 1.82) is 0 Å². The Morgan fingerprint density at radius 1 is 0.638 bits per heavy atom. The first-order valence-corrected chi connectivity index (χ1v) is 24.6. The molecule has 370 valence electrons. The van der Waals surface area contributed by atoms with Crippen LogP contribution in [0.2, 0.25) is 0 Å². The van der Waals surface area contributed by atoms with E-state index in [0.29, 0.717) is 76.6 Å². The molecule has 0 radical (unpaired) electrons. The molecule has 2 unspecified atom stereocenters. The van der Waals surface area contributed by atoms with Gasteiger partial charge >= 0.3 is 0 Å². The van der Waals surface area contributed by atoms with E-state index in [9.17, 15) is 8.78 Å². The maximum absolute atomic E-state index is 14.2. The van der Waals surface area contributed by atoms with Crippen molar-refractivity contribution in [3.63, 3.8) is 0 Å². The summed E-state index contributed by atoms with van der Waals surface area (Å²) in [6, 6.07) is 8.71. The number of ether oxygens (including phenoxy) is 2. The number of rotatable bonds is 13. The molecule has 6 saturated heterocycles. The summed E-state index contributed by atoms with van der Waals surface area (Å²) in [4.78, 5) is 34.0. The molecule has 6 aliphatic rings. The summed E-state index contributed by atoms with van der Waals surface area (Å²) >= 11 is 0. The van der Waals surface area contributed by atoms with Crippen molar-refractivity contribution in [1.82, 2.24) is 51.2 Å². The van der Waals surface area contributed by atoms with Crippen LogP contribution >= 0.6 is 0 Å². The van der Waals surface area contributed by atoms with E-state index in [2.05, 4.69) is 88.1 Å². The lowest BCUT2D eigenvalue weighted by Crippen LogP contribution is -2.54. The summed E-state index contributed by atoms with van der Waals surface area (Å²) < 4.78 is 39.0. The average molecular weight is 953 g/mol. The molecular weight excluding hydrogens is 887 g/mol. The van der Waals surface area contributed by atoms with Gasteiger partial charge in [0.05, 0.1) is 80.7 Å². The van der Waals surface area contributed by atoms with Crippen molar-refractivity contribution in [3.05, 3.63) is 72.1 Å². The van der Waals surface area contributed by atoms with Gasteiger partial charge in [-0.25, -0.2) is 29.6 Å². The number of piperidine rings is 2. The second-order valence-corrected chi connectivity index (χ2v) is 18.2. The van der Waals surface area contributed by atoms with E-state index in [-0.39, 0.29) is 23.5 Å². The first-order chi connectivity index (χ1) is 34.0. The Morgan fingerprint density at radius 3 is 1.93 bits per heavy atom. The van der Waals surface area contributed by atoms with E-state index < -0.39 is 11.6 Å². The van der Waals surface area contributed by atoms with Crippen LogP contribution in [0.3, 0.4) is 0 Å². The summed E-state index contributed by atoms with van der Waals surface area (Å²) in [6.45, 7) is 14.2. The topological polar surface area (TPSA) is 206 Å². The predicted molar refractivity (Wildman–Crippen MR) is 265 cm³/mol. The Labute approximate surface area is 402 Å². The van der Waals surface area contributed by atoms with Crippen LogP contribution in [0, 0.1) is 23.5 Å². The molecule has 6 N–H and O–H groups in total. The molecule has 4 aromatic heterocycles. The number of nitrogens with zero attached hydrogens (tertiary/aromatic N) is 12. The van der Waals surface area contributed by atoms with Gasteiger partial charge in [-0.2, -0.15) is 20.2 Å². The van der Waals surface area contributed by atoms with Gasteiger partial charge < -0.3 is 50.3 Å². The maximum Gasteiger partial charge on any atom is 0.245 e. The van der Waals surface area contributed by atoms with E-state index in [1.54, 1.807) is 18.6 Å². The maximum atomic E-state index is 14.2. The predicted octanol–water partition coefficient (Wildman–Crippen LogP) is 2.88. The van der Waals surface area contributed by atoms with E-state index >= 15 is 0 Å². The van der Waals surface area contributed by atoms with Crippen LogP contribution in [0.25, 0.3) is 0 Å². The molecule has 0 amide bonds. The molecule has 0 aromatic carbocycles. The Hall–Kier alpha value is -5.78. The monoisotopic (exact) mass is 953 g/mol. The molecule has 20 nitrogen and oxygen atoms in total. The highest BCUT2D eigenvalue weighted by atomic mass is 19.1. The Bertz CT molecular complexity index is 2260. The lowest BCUT2D eigenvalue weighted by atomic mass is 9.90. The van der Waals surface area contributed by atoms with Gasteiger partial charge in [0, 0.05) is 89.9 Å². The fourth-order valence-electron chi connectivity index (χ4n) is 9.77. The van der Waals surface area contributed by atoms with E-state index in [4.69, 9.17) is 9.47 Å². The van der Waals surface area contributed by atoms with E-state index in [0.717, 1.165) is 107 Å². The minimum atomic E-state index is -0.454. The molecule has 6 aliphatic heterocycles. The van der Waals surface area contributed by atoms with Crippen LogP contribution in [-0.2, 0) is 9.47 Å². The molecule has 2 atom stereocenters. The lowest BCUT2D eigenvalue weighted by Gasteiger charge is -2.39. The van der Waals surface area contributed by atoms with E-state index in [1.165, 1.54) is 25.7 Å². The molecule has 0 spiro atoms. The number of hydrogen-bond acceptors (Lipinski definition) is 20. The number of nitrogens with one attached hydrogen (secondary N) is 6. The Morgan fingerprint density at radius 2 is 1.30 bits per heavy atom. The van der Waals surface area contributed by atoms with Gasteiger partial charge in [0.25, 0.3) is 0 Å². The number of pyridine rings is 2. The fraction of sp³-hybridized carbons (Fsp3) is 0.574. The minimum absolute atomic E-state index is 0.238. The van der Waals surface area contributed by atoms with Gasteiger partial charge in [-0.1, -0.05) is 0 Å². The van der Waals surface area contributed by atoms with E-state index in [1.807, 2.05) is 34.2 Å². The zero-order valence-corrected chi connectivity index (χ0v) is 39.3. The normalized spacial score (nSPS) is 22.2. The average Bonchev–Trinajstić information content (AvgIpc) is 3.41. The smallest absolute Gasteiger partial charge is 0.245 e. The quantitative estimate of drug-likeness (QED) is 0.0842. The number of hydrogen-bond donors (Lipinski definition) is 6. The summed E-state index contributed by atoms with van der Waals surface area (Å²) in [5.41, 5.74) is 9.33. The van der Waals surface area contributed by atoms with Crippen LogP contribution in [0.15, 0.2) is 59.3 Å². The van der Waals surface area contributed by atoms with Gasteiger partial charge in [-0.05, 0) is 87.7 Å². The van der Waals surface area contributed by atoms with Gasteiger partial charge in [0.15, 0.2) is 23.3 Å².